The molecule has 1 aliphatic rings. The Bertz CT molecular complexity index is 977. The number of hydrogen-bond donors (Lipinski definition) is 1. The van der Waals surface area contributed by atoms with Crippen molar-refractivity contribution in [2.75, 3.05) is 20.1 Å². The van der Waals surface area contributed by atoms with Crippen molar-refractivity contribution in [3.63, 3.8) is 0 Å². The summed E-state index contributed by atoms with van der Waals surface area (Å²) in [6, 6.07) is 20.2. The first-order valence-electron chi connectivity index (χ1n) is 10.8. The number of nitrogens with zero attached hydrogens (tertiary/aromatic N) is 3. The molecule has 0 radical (unpaired) electrons. The summed E-state index contributed by atoms with van der Waals surface area (Å²) in [5, 5.41) is 7.03. The maximum Gasteiger partial charge on any atom is 0.254 e. The molecule has 160 valence electrons. The van der Waals surface area contributed by atoms with Crippen LogP contribution in [0, 0.1) is 0 Å². The van der Waals surface area contributed by atoms with Crippen LogP contribution in [0.25, 0.3) is 0 Å². The quantitative estimate of drug-likeness (QED) is 0.691. The Labute approximate surface area is 182 Å². The molecule has 1 saturated heterocycles. The molecule has 1 atom stereocenters. The molecule has 2 heterocycles. The third-order valence-electron chi connectivity index (χ3n) is 5.99. The molecule has 3 aromatic rings. The van der Waals surface area contributed by atoms with Crippen molar-refractivity contribution in [2.24, 2.45) is 0 Å². The van der Waals surface area contributed by atoms with Gasteiger partial charge in [-0.15, -0.1) is 0 Å². The summed E-state index contributed by atoms with van der Waals surface area (Å²) < 4.78 is 1.88. The summed E-state index contributed by atoms with van der Waals surface area (Å²) in [6.07, 6.45) is 6.06. The minimum Gasteiger partial charge on any atom is -0.355 e. The van der Waals surface area contributed by atoms with Crippen molar-refractivity contribution in [2.45, 2.75) is 31.2 Å². The number of likely N-dealkylation sites (tertiary alicyclic amines) is 1. The molecule has 6 nitrogen and oxygen atoms in total. The average Bonchev–Trinajstić information content (AvgIpc) is 3.18. The fourth-order valence-corrected chi connectivity index (χ4v) is 4.31. The van der Waals surface area contributed by atoms with E-state index in [4.69, 9.17) is 0 Å². The first-order valence-corrected chi connectivity index (χ1v) is 10.8. The van der Waals surface area contributed by atoms with E-state index in [0.717, 1.165) is 36.9 Å². The maximum atomic E-state index is 13.7. The van der Waals surface area contributed by atoms with E-state index in [1.165, 1.54) is 0 Å². The number of carbonyl (C=O) groups excluding carboxylic acids is 2. The zero-order chi connectivity index (χ0) is 21.6. The fraction of sp³-hybridized carbons (Fsp3) is 0.320. The highest BCUT2D eigenvalue weighted by Gasteiger charge is 2.29. The van der Waals surface area contributed by atoms with E-state index in [0.29, 0.717) is 12.1 Å². The van der Waals surface area contributed by atoms with Gasteiger partial charge in [-0.1, -0.05) is 60.7 Å². The van der Waals surface area contributed by atoms with Gasteiger partial charge in [-0.05, 0) is 30.4 Å². The Hall–Kier alpha value is -3.41. The summed E-state index contributed by atoms with van der Waals surface area (Å²) in [4.78, 5) is 27.5. The number of benzene rings is 2. The molecule has 31 heavy (non-hydrogen) atoms. The minimum atomic E-state index is -0.302. The normalized spacial score (nSPS) is 16.7. The van der Waals surface area contributed by atoms with Gasteiger partial charge in [-0.25, -0.2) is 0 Å². The first-order chi connectivity index (χ1) is 15.2. The Morgan fingerprint density at radius 2 is 1.61 bits per heavy atom. The van der Waals surface area contributed by atoms with Gasteiger partial charge >= 0.3 is 0 Å². The van der Waals surface area contributed by atoms with E-state index in [1.54, 1.807) is 19.4 Å². The molecule has 1 aromatic heterocycles. The smallest absolute Gasteiger partial charge is 0.254 e. The van der Waals surface area contributed by atoms with Gasteiger partial charge in [-0.3, -0.25) is 14.3 Å². The second-order valence-electron chi connectivity index (χ2n) is 7.95. The van der Waals surface area contributed by atoms with Gasteiger partial charge in [0, 0.05) is 26.3 Å². The highest BCUT2D eigenvalue weighted by Crippen LogP contribution is 2.29. The number of nitrogens with one attached hydrogen (secondary N) is 1. The standard InChI is InChI=1S/C25H28N4O2/c1-26-24(30)21-17-27-29(18-21)22-13-8-15-28(16-14-22)25(31)23(19-9-4-2-5-10-19)20-11-6-3-7-12-20/h2-7,9-12,17-18,22-23H,8,13-16H2,1H3,(H,26,30)/t22-/m1/s1. The Morgan fingerprint density at radius 1 is 0.968 bits per heavy atom. The van der Waals surface area contributed by atoms with Crippen molar-refractivity contribution in [3.8, 4) is 0 Å². The second-order valence-corrected chi connectivity index (χ2v) is 7.95. The molecule has 4 rings (SSSR count). The van der Waals surface area contributed by atoms with E-state index in [-0.39, 0.29) is 23.8 Å². The predicted molar refractivity (Wildman–Crippen MR) is 120 cm³/mol. The maximum absolute atomic E-state index is 13.7. The fourth-order valence-electron chi connectivity index (χ4n) is 4.31. The van der Waals surface area contributed by atoms with E-state index in [2.05, 4.69) is 10.4 Å². The number of rotatable bonds is 5. The largest absolute Gasteiger partial charge is 0.355 e. The van der Waals surface area contributed by atoms with Crippen LogP contribution >= 0.6 is 0 Å². The summed E-state index contributed by atoms with van der Waals surface area (Å²) in [7, 11) is 1.62. The molecule has 1 aliphatic heterocycles. The predicted octanol–water partition coefficient (Wildman–Crippen LogP) is 3.63. The van der Waals surface area contributed by atoms with Crippen molar-refractivity contribution in [1.29, 1.82) is 0 Å². The van der Waals surface area contributed by atoms with Gasteiger partial charge in [0.2, 0.25) is 5.91 Å². The summed E-state index contributed by atoms with van der Waals surface area (Å²) in [5.74, 6) is -0.293. The van der Waals surface area contributed by atoms with Crippen LogP contribution < -0.4 is 5.32 Å². The van der Waals surface area contributed by atoms with Crippen molar-refractivity contribution >= 4 is 11.8 Å². The van der Waals surface area contributed by atoms with Crippen LogP contribution in [0.5, 0.6) is 0 Å². The molecular formula is C25H28N4O2. The Kier molecular flexibility index (Phi) is 6.46. The molecule has 1 fully saturated rings. The lowest BCUT2D eigenvalue weighted by molar-refractivity contribution is -0.131. The molecule has 2 aromatic carbocycles. The zero-order valence-corrected chi connectivity index (χ0v) is 17.8. The molecule has 0 spiro atoms. The molecule has 0 bridgehead atoms. The topological polar surface area (TPSA) is 67.2 Å². The Balaban J connectivity index is 1.51. The van der Waals surface area contributed by atoms with Crippen molar-refractivity contribution in [3.05, 3.63) is 89.7 Å². The monoisotopic (exact) mass is 416 g/mol. The highest BCUT2D eigenvalue weighted by atomic mass is 16.2. The van der Waals surface area contributed by atoms with E-state index < -0.39 is 0 Å². The lowest BCUT2D eigenvalue weighted by atomic mass is 9.90. The lowest BCUT2D eigenvalue weighted by Crippen LogP contribution is -2.36. The van der Waals surface area contributed by atoms with Crippen LogP contribution in [0.3, 0.4) is 0 Å². The molecule has 1 N–H and O–H groups in total. The highest BCUT2D eigenvalue weighted by molar-refractivity contribution is 5.93. The molecule has 6 heteroatoms. The van der Waals surface area contributed by atoms with Gasteiger partial charge in [0.25, 0.3) is 5.91 Å². The molecule has 0 unspecified atom stereocenters. The number of carbonyl (C=O) groups is 2. The van der Waals surface area contributed by atoms with Gasteiger partial charge in [0.05, 0.1) is 23.7 Å². The SMILES string of the molecule is CNC(=O)c1cnn([C@@H]2CCCN(C(=O)C(c3ccccc3)c3ccccc3)CC2)c1. The number of amides is 2. The Morgan fingerprint density at radius 3 is 2.23 bits per heavy atom. The second kappa shape index (κ2) is 9.60. The molecule has 0 aliphatic carbocycles. The van der Waals surface area contributed by atoms with Crippen LogP contribution in [0.2, 0.25) is 0 Å². The average molecular weight is 417 g/mol. The van der Waals surface area contributed by atoms with E-state index >= 15 is 0 Å². The zero-order valence-electron chi connectivity index (χ0n) is 17.8. The summed E-state index contributed by atoms with van der Waals surface area (Å²) in [6.45, 7) is 1.41. The third-order valence-corrected chi connectivity index (χ3v) is 5.99. The number of aromatic nitrogens is 2. The summed E-state index contributed by atoms with van der Waals surface area (Å²) in [5.41, 5.74) is 2.59. The van der Waals surface area contributed by atoms with E-state index in [1.807, 2.05) is 70.2 Å². The molecular weight excluding hydrogens is 388 g/mol. The van der Waals surface area contributed by atoms with Crippen LogP contribution in [0.1, 0.15) is 52.7 Å². The van der Waals surface area contributed by atoms with Gasteiger partial charge < -0.3 is 10.2 Å². The lowest BCUT2D eigenvalue weighted by Gasteiger charge is -2.27. The van der Waals surface area contributed by atoms with Crippen molar-refractivity contribution < 1.29 is 9.59 Å². The van der Waals surface area contributed by atoms with Crippen LogP contribution in [-0.4, -0.2) is 46.6 Å². The van der Waals surface area contributed by atoms with Crippen molar-refractivity contribution in [1.82, 2.24) is 20.0 Å². The molecule has 0 saturated carbocycles. The van der Waals surface area contributed by atoms with Crippen LogP contribution in [-0.2, 0) is 4.79 Å². The third kappa shape index (κ3) is 4.68. The van der Waals surface area contributed by atoms with Gasteiger partial charge in [-0.2, -0.15) is 5.10 Å². The van der Waals surface area contributed by atoms with Gasteiger partial charge in [0.1, 0.15) is 0 Å². The first kappa shape index (κ1) is 20.8. The summed E-state index contributed by atoms with van der Waals surface area (Å²) >= 11 is 0. The van der Waals surface area contributed by atoms with Crippen LogP contribution in [0.4, 0.5) is 0 Å². The van der Waals surface area contributed by atoms with Gasteiger partial charge in [0.15, 0.2) is 0 Å². The minimum absolute atomic E-state index is 0.134. The number of hydrogen-bond acceptors (Lipinski definition) is 3. The van der Waals surface area contributed by atoms with Crippen LogP contribution in [0.15, 0.2) is 73.1 Å². The van der Waals surface area contributed by atoms with E-state index in [9.17, 15) is 9.59 Å². The molecule has 2 amide bonds.